The fraction of sp³-hybridized carbons (Fsp3) is 0.280. The number of benzene rings is 3. The second-order valence-electron chi connectivity index (χ2n) is 8.21. The van der Waals surface area contributed by atoms with Gasteiger partial charge in [-0.1, -0.05) is 48.5 Å². The average molecular weight is 337 g/mol. The van der Waals surface area contributed by atoms with E-state index in [-0.39, 0.29) is 0 Å². The van der Waals surface area contributed by atoms with Crippen molar-refractivity contribution in [3.05, 3.63) is 83.9 Å². The van der Waals surface area contributed by atoms with Gasteiger partial charge in [0, 0.05) is 16.8 Å². The van der Waals surface area contributed by atoms with Crippen molar-refractivity contribution >= 4 is 11.4 Å². The predicted molar refractivity (Wildman–Crippen MR) is 108 cm³/mol. The Balaban J connectivity index is 1.52. The van der Waals surface area contributed by atoms with Crippen LogP contribution in [0.25, 0.3) is 11.1 Å². The van der Waals surface area contributed by atoms with E-state index in [2.05, 4.69) is 78.1 Å². The lowest BCUT2D eigenvalue weighted by atomic mass is 9.70. The van der Waals surface area contributed by atoms with Crippen LogP contribution in [0, 0.1) is 11.8 Å². The number of hydrogen-bond acceptors (Lipinski definition) is 1. The van der Waals surface area contributed by atoms with E-state index in [0.29, 0.717) is 5.41 Å². The molecule has 0 atom stereocenters. The molecule has 1 nitrogen and oxygen atoms in total. The molecule has 0 aliphatic heterocycles. The second kappa shape index (κ2) is 5.23. The van der Waals surface area contributed by atoms with E-state index >= 15 is 0 Å². The minimum Gasteiger partial charge on any atom is -0.356 e. The van der Waals surface area contributed by atoms with Gasteiger partial charge >= 0.3 is 0 Å². The Hall–Kier alpha value is -2.54. The summed E-state index contributed by atoms with van der Waals surface area (Å²) in [5.41, 5.74) is 8.77. The smallest absolute Gasteiger partial charge is 0.0390 e. The van der Waals surface area contributed by atoms with Crippen molar-refractivity contribution in [1.29, 1.82) is 0 Å². The van der Waals surface area contributed by atoms with Crippen LogP contribution >= 0.6 is 0 Å². The molecule has 0 saturated heterocycles. The molecule has 2 saturated carbocycles. The van der Waals surface area contributed by atoms with Crippen LogP contribution in [-0.4, -0.2) is 0 Å². The van der Waals surface area contributed by atoms with Gasteiger partial charge in [-0.15, -0.1) is 0 Å². The van der Waals surface area contributed by atoms with Gasteiger partial charge in [-0.3, -0.25) is 0 Å². The van der Waals surface area contributed by atoms with Crippen molar-refractivity contribution in [3.8, 4) is 11.1 Å². The third-order valence-electron chi connectivity index (χ3n) is 7.21. The highest BCUT2D eigenvalue weighted by molar-refractivity contribution is 5.85. The number of anilines is 2. The van der Waals surface area contributed by atoms with E-state index in [4.69, 9.17) is 0 Å². The summed E-state index contributed by atoms with van der Waals surface area (Å²) in [5, 5.41) is 3.58. The topological polar surface area (TPSA) is 12.0 Å². The van der Waals surface area contributed by atoms with Crippen LogP contribution in [0.2, 0.25) is 0 Å². The minimum absolute atomic E-state index is 0.303. The zero-order valence-corrected chi connectivity index (χ0v) is 14.9. The van der Waals surface area contributed by atoms with E-state index in [1.807, 2.05) is 0 Å². The van der Waals surface area contributed by atoms with Gasteiger partial charge in [-0.05, 0) is 84.0 Å². The molecular weight excluding hydrogens is 314 g/mol. The van der Waals surface area contributed by atoms with E-state index in [9.17, 15) is 0 Å². The quantitative estimate of drug-likeness (QED) is 0.561. The average Bonchev–Trinajstić information content (AvgIpc) is 3.34. The lowest BCUT2D eigenvalue weighted by Crippen LogP contribution is -2.30. The summed E-state index contributed by atoms with van der Waals surface area (Å²) in [7, 11) is 0. The molecule has 3 aliphatic rings. The Kier molecular flexibility index (Phi) is 2.94. The standard InChI is InChI=1S/C25H23N/c1-2-6-19(7-3-1)26-20-14-15-24-22(16-20)21-8-4-5-9-23(21)25(24)17-10-11-18(25)13-12-17/h1-9,14-18,26H,10-13H2. The van der Waals surface area contributed by atoms with E-state index < -0.39 is 0 Å². The molecule has 0 unspecified atom stereocenters. The highest BCUT2D eigenvalue weighted by Gasteiger charge is 2.59. The first kappa shape index (κ1) is 14.6. The van der Waals surface area contributed by atoms with Gasteiger partial charge in [0.15, 0.2) is 0 Å². The number of nitrogens with one attached hydrogen (secondary N) is 1. The first-order valence-corrected chi connectivity index (χ1v) is 9.94. The molecule has 2 bridgehead atoms. The van der Waals surface area contributed by atoms with E-state index in [0.717, 1.165) is 17.5 Å². The maximum absolute atomic E-state index is 3.58. The normalized spacial score (nSPS) is 27.5. The summed E-state index contributed by atoms with van der Waals surface area (Å²) in [6.45, 7) is 0. The lowest BCUT2D eigenvalue weighted by molar-refractivity contribution is 0.400. The van der Waals surface area contributed by atoms with Crippen LogP contribution in [0.3, 0.4) is 0 Å². The summed E-state index contributed by atoms with van der Waals surface area (Å²) in [5.74, 6) is 1.67. The van der Waals surface area contributed by atoms with Crippen molar-refractivity contribution in [2.24, 2.45) is 11.8 Å². The van der Waals surface area contributed by atoms with Crippen molar-refractivity contribution in [3.63, 3.8) is 0 Å². The van der Waals surface area contributed by atoms with Gasteiger partial charge in [0.2, 0.25) is 0 Å². The fourth-order valence-electron chi connectivity index (χ4n) is 6.33. The monoisotopic (exact) mass is 337 g/mol. The molecular formula is C25H23N. The van der Waals surface area contributed by atoms with Gasteiger partial charge in [0.05, 0.1) is 0 Å². The zero-order valence-electron chi connectivity index (χ0n) is 14.9. The maximum Gasteiger partial charge on any atom is 0.0390 e. The minimum atomic E-state index is 0.303. The van der Waals surface area contributed by atoms with E-state index in [1.54, 1.807) is 11.1 Å². The third kappa shape index (κ3) is 1.76. The fourth-order valence-corrected chi connectivity index (χ4v) is 6.33. The molecule has 128 valence electrons. The number of para-hydroxylation sites is 1. The largest absolute Gasteiger partial charge is 0.356 e. The Morgan fingerprint density at radius 2 is 1.27 bits per heavy atom. The molecule has 3 aromatic rings. The number of fused-ring (bicyclic) bond motifs is 3. The second-order valence-corrected chi connectivity index (χ2v) is 8.21. The van der Waals surface area contributed by atoms with E-state index in [1.165, 1.54) is 42.5 Å². The molecule has 1 N–H and O–H groups in total. The van der Waals surface area contributed by atoms with Gasteiger partial charge in [-0.25, -0.2) is 0 Å². The number of rotatable bonds is 2. The Bertz CT molecular complexity index is 968. The Morgan fingerprint density at radius 3 is 2.04 bits per heavy atom. The van der Waals surface area contributed by atoms with Crippen molar-refractivity contribution in [2.75, 3.05) is 5.32 Å². The summed E-state index contributed by atoms with van der Waals surface area (Å²) in [6.07, 6.45) is 5.62. The summed E-state index contributed by atoms with van der Waals surface area (Å²) in [6, 6.07) is 26.8. The van der Waals surface area contributed by atoms with Gasteiger partial charge in [0.1, 0.15) is 0 Å². The van der Waals surface area contributed by atoms with Crippen LogP contribution in [0.15, 0.2) is 72.8 Å². The first-order valence-electron chi connectivity index (χ1n) is 9.94. The van der Waals surface area contributed by atoms with Crippen LogP contribution in [-0.2, 0) is 5.41 Å². The highest BCUT2D eigenvalue weighted by Crippen LogP contribution is 2.67. The molecule has 0 radical (unpaired) electrons. The summed E-state index contributed by atoms with van der Waals surface area (Å²) >= 11 is 0. The Labute approximate surface area is 155 Å². The lowest BCUT2D eigenvalue weighted by Gasteiger charge is -2.33. The van der Waals surface area contributed by atoms with Crippen molar-refractivity contribution in [2.45, 2.75) is 31.1 Å². The summed E-state index contributed by atoms with van der Waals surface area (Å²) < 4.78 is 0. The van der Waals surface area contributed by atoms with Gasteiger partial charge < -0.3 is 5.32 Å². The molecule has 26 heavy (non-hydrogen) atoms. The molecule has 0 amide bonds. The highest BCUT2D eigenvalue weighted by atomic mass is 14.9. The van der Waals surface area contributed by atoms with Crippen LogP contribution in [0.4, 0.5) is 11.4 Å². The SMILES string of the molecule is c1ccc(Nc2ccc3c(c2)-c2ccccc2C32C3CCC2CC3)cc1. The Morgan fingerprint density at radius 1 is 0.615 bits per heavy atom. The molecule has 3 aromatic carbocycles. The van der Waals surface area contributed by atoms with Crippen molar-refractivity contribution in [1.82, 2.24) is 0 Å². The van der Waals surface area contributed by atoms with Crippen LogP contribution in [0.1, 0.15) is 36.8 Å². The molecule has 0 aromatic heterocycles. The molecule has 3 aliphatic carbocycles. The zero-order chi connectivity index (χ0) is 17.1. The first-order chi connectivity index (χ1) is 12.9. The van der Waals surface area contributed by atoms with Crippen molar-refractivity contribution < 1.29 is 0 Å². The molecule has 2 fully saturated rings. The number of hydrogen-bond donors (Lipinski definition) is 1. The van der Waals surface area contributed by atoms with Crippen LogP contribution < -0.4 is 5.32 Å². The maximum atomic E-state index is 3.58. The molecule has 1 heteroatoms. The van der Waals surface area contributed by atoms with Gasteiger partial charge in [0.25, 0.3) is 0 Å². The summed E-state index contributed by atoms with van der Waals surface area (Å²) in [4.78, 5) is 0. The molecule has 6 rings (SSSR count). The third-order valence-corrected chi connectivity index (χ3v) is 7.21. The molecule has 1 spiro atoms. The van der Waals surface area contributed by atoms with Crippen LogP contribution in [0.5, 0.6) is 0 Å². The molecule has 0 heterocycles. The van der Waals surface area contributed by atoms with Gasteiger partial charge in [-0.2, -0.15) is 0 Å². The predicted octanol–water partition coefficient (Wildman–Crippen LogP) is 6.52.